The Hall–Kier alpha value is -1.60. The molecule has 0 aliphatic rings. The van der Waals surface area contributed by atoms with Crippen LogP contribution in [0.5, 0.6) is 0 Å². The third kappa shape index (κ3) is 4.76. The molecule has 0 spiro atoms. The molecule has 0 aliphatic carbocycles. The van der Waals surface area contributed by atoms with Gasteiger partial charge in [0.2, 0.25) is 9.84 Å². The van der Waals surface area contributed by atoms with E-state index in [1.807, 2.05) is 0 Å². The molecule has 1 aromatic carbocycles. The van der Waals surface area contributed by atoms with Crippen molar-refractivity contribution in [3.63, 3.8) is 0 Å². The average Bonchev–Trinajstić information content (AvgIpc) is 2.52. The van der Waals surface area contributed by atoms with Crippen molar-refractivity contribution in [1.29, 1.82) is 0 Å². The van der Waals surface area contributed by atoms with E-state index in [1.165, 1.54) is 37.3 Å². The van der Waals surface area contributed by atoms with Gasteiger partial charge in [-0.1, -0.05) is 39.0 Å². The smallest absolute Gasteiger partial charge is 0.341 e. The Morgan fingerprint density at radius 2 is 1.69 bits per heavy atom. The normalized spacial score (nSPS) is 15.1. The van der Waals surface area contributed by atoms with Gasteiger partial charge in [0.1, 0.15) is 0 Å². The summed E-state index contributed by atoms with van der Waals surface area (Å²) in [6.45, 7) is 6.01. The maximum absolute atomic E-state index is 13.9. The Kier molecular flexibility index (Phi) is 6.87. The summed E-state index contributed by atoms with van der Waals surface area (Å²) in [7, 11) is -3.84. The van der Waals surface area contributed by atoms with Crippen LogP contribution in [-0.4, -0.2) is 34.1 Å². The summed E-state index contributed by atoms with van der Waals surface area (Å²) in [5, 5.41) is 0. The lowest BCUT2D eigenvalue weighted by atomic mass is 9.97. The Morgan fingerprint density at radius 1 is 1.15 bits per heavy atom. The van der Waals surface area contributed by atoms with Crippen molar-refractivity contribution < 1.29 is 31.1 Å². The summed E-state index contributed by atoms with van der Waals surface area (Å²) in [6, 6.07) is 6.80. The van der Waals surface area contributed by atoms with E-state index in [2.05, 4.69) is 10.5 Å². The maximum atomic E-state index is 13.9. The number of ether oxygens (including phenoxy) is 2. The van der Waals surface area contributed by atoms with Gasteiger partial charge < -0.3 is 9.47 Å². The van der Waals surface area contributed by atoms with E-state index < -0.39 is 38.7 Å². The van der Waals surface area contributed by atoms with Gasteiger partial charge in [0.05, 0.1) is 4.90 Å². The van der Waals surface area contributed by atoms with E-state index in [0.717, 1.165) is 7.11 Å². The second-order valence-corrected chi connectivity index (χ2v) is 8.44. The van der Waals surface area contributed by atoms with Gasteiger partial charge in [0.25, 0.3) is 0 Å². The van der Waals surface area contributed by atoms with Gasteiger partial charge in [-0.15, -0.1) is 5.73 Å². The lowest BCUT2D eigenvalue weighted by Crippen LogP contribution is -2.52. The lowest BCUT2D eigenvalue weighted by molar-refractivity contribution is -0.350. The molecule has 1 rings (SSSR count). The molecule has 1 aromatic rings. The van der Waals surface area contributed by atoms with E-state index in [1.54, 1.807) is 26.8 Å². The second kappa shape index (κ2) is 7.96. The Balaban J connectivity index is 3.91. The van der Waals surface area contributed by atoms with Crippen LogP contribution >= 0.6 is 0 Å². The molecule has 146 valence electrons. The third-order valence-corrected chi connectivity index (χ3v) is 5.08. The van der Waals surface area contributed by atoms with Crippen molar-refractivity contribution in [2.75, 3.05) is 13.7 Å². The summed E-state index contributed by atoms with van der Waals surface area (Å²) in [6.07, 6.45) is -3.89. The molecule has 1 unspecified atom stereocenters. The van der Waals surface area contributed by atoms with Gasteiger partial charge in [-0.2, -0.15) is 13.2 Å². The van der Waals surface area contributed by atoms with Crippen LogP contribution < -0.4 is 0 Å². The SMILES string of the molecule is CCOC(OC)(C(=C=CC(C)(C)C)S(=O)(=O)c1ccccc1)C(F)(F)F. The molecular formula is C18H23F3O4S. The monoisotopic (exact) mass is 392 g/mol. The van der Waals surface area contributed by atoms with Gasteiger partial charge in [0, 0.05) is 13.7 Å². The van der Waals surface area contributed by atoms with Gasteiger partial charge in [0.15, 0.2) is 4.91 Å². The third-order valence-electron chi connectivity index (χ3n) is 3.27. The predicted molar refractivity (Wildman–Crippen MR) is 92.1 cm³/mol. The largest absolute Gasteiger partial charge is 0.449 e. The quantitative estimate of drug-likeness (QED) is 0.529. The van der Waals surface area contributed by atoms with E-state index in [4.69, 9.17) is 4.74 Å². The molecule has 0 N–H and O–H groups in total. The molecule has 0 fully saturated rings. The zero-order valence-electron chi connectivity index (χ0n) is 15.3. The first-order valence-electron chi connectivity index (χ1n) is 7.86. The van der Waals surface area contributed by atoms with Crippen LogP contribution in [0.3, 0.4) is 0 Å². The maximum Gasteiger partial charge on any atom is 0.449 e. The minimum atomic E-state index is -5.15. The lowest BCUT2D eigenvalue weighted by Gasteiger charge is -2.34. The molecule has 0 aromatic heterocycles. The molecule has 1 atom stereocenters. The number of hydrogen-bond donors (Lipinski definition) is 0. The van der Waals surface area contributed by atoms with Crippen LogP contribution in [0.4, 0.5) is 13.2 Å². The molecular weight excluding hydrogens is 369 g/mol. The molecule has 8 heteroatoms. The number of sulfone groups is 1. The second-order valence-electron chi connectivity index (χ2n) is 6.55. The van der Waals surface area contributed by atoms with E-state index in [9.17, 15) is 21.6 Å². The van der Waals surface area contributed by atoms with Crippen molar-refractivity contribution in [1.82, 2.24) is 0 Å². The average molecular weight is 392 g/mol. The molecule has 4 nitrogen and oxygen atoms in total. The van der Waals surface area contributed by atoms with Crippen LogP contribution in [0.15, 0.2) is 51.9 Å². The van der Waals surface area contributed by atoms with Crippen molar-refractivity contribution in [2.45, 2.75) is 44.6 Å². The summed E-state index contributed by atoms with van der Waals surface area (Å²) in [5.41, 5.74) is 1.70. The summed E-state index contributed by atoms with van der Waals surface area (Å²) in [5.74, 6) is -3.46. The fourth-order valence-corrected chi connectivity index (χ4v) is 3.67. The van der Waals surface area contributed by atoms with Crippen LogP contribution in [0.1, 0.15) is 27.7 Å². The van der Waals surface area contributed by atoms with Gasteiger partial charge in [-0.25, -0.2) is 8.42 Å². The zero-order valence-corrected chi connectivity index (χ0v) is 16.2. The number of rotatable bonds is 6. The van der Waals surface area contributed by atoms with E-state index >= 15 is 0 Å². The molecule has 0 bridgehead atoms. The summed E-state index contributed by atoms with van der Waals surface area (Å²) < 4.78 is 77.1. The Bertz CT molecular complexity index is 771. The molecule has 0 saturated carbocycles. The molecule has 0 saturated heterocycles. The molecule has 0 amide bonds. The van der Waals surface area contributed by atoms with Crippen molar-refractivity contribution in [3.05, 3.63) is 47.0 Å². The Labute approximate surface area is 152 Å². The minimum absolute atomic E-state index is 0.310. The molecule has 0 radical (unpaired) electrons. The number of hydrogen-bond acceptors (Lipinski definition) is 4. The van der Waals surface area contributed by atoms with Crippen LogP contribution in [0, 0.1) is 5.41 Å². The van der Waals surface area contributed by atoms with Crippen LogP contribution in [0.2, 0.25) is 0 Å². The predicted octanol–water partition coefficient (Wildman–Crippen LogP) is 4.49. The summed E-state index contributed by atoms with van der Waals surface area (Å²) in [4.78, 5) is -1.45. The van der Waals surface area contributed by atoms with E-state index in [0.29, 0.717) is 0 Å². The number of benzene rings is 1. The molecule has 26 heavy (non-hydrogen) atoms. The highest BCUT2D eigenvalue weighted by molar-refractivity contribution is 7.95. The van der Waals surface area contributed by atoms with Gasteiger partial charge in [-0.3, -0.25) is 0 Å². The highest BCUT2D eigenvalue weighted by atomic mass is 32.2. The number of methoxy groups -OCH3 is 1. The topological polar surface area (TPSA) is 52.6 Å². The molecule has 0 heterocycles. The van der Waals surface area contributed by atoms with Gasteiger partial charge in [-0.05, 0) is 30.5 Å². The van der Waals surface area contributed by atoms with Crippen LogP contribution in [-0.2, 0) is 19.3 Å². The first kappa shape index (κ1) is 22.4. The van der Waals surface area contributed by atoms with Gasteiger partial charge >= 0.3 is 12.0 Å². The zero-order chi connectivity index (χ0) is 20.2. The van der Waals surface area contributed by atoms with Crippen molar-refractivity contribution in [3.8, 4) is 0 Å². The highest BCUT2D eigenvalue weighted by Gasteiger charge is 2.63. The number of halogens is 3. The first-order chi connectivity index (χ1) is 11.8. The Morgan fingerprint density at radius 3 is 2.08 bits per heavy atom. The fraction of sp³-hybridized carbons (Fsp3) is 0.500. The minimum Gasteiger partial charge on any atom is -0.341 e. The van der Waals surface area contributed by atoms with E-state index in [-0.39, 0.29) is 4.90 Å². The van der Waals surface area contributed by atoms with Crippen molar-refractivity contribution >= 4 is 9.84 Å². The fourth-order valence-electron chi connectivity index (χ4n) is 2.10. The van der Waals surface area contributed by atoms with Crippen LogP contribution in [0.25, 0.3) is 0 Å². The molecule has 0 aliphatic heterocycles. The first-order valence-corrected chi connectivity index (χ1v) is 9.34. The number of alkyl halides is 3. The summed E-state index contributed by atoms with van der Waals surface area (Å²) >= 11 is 0. The van der Waals surface area contributed by atoms with Crippen molar-refractivity contribution in [2.24, 2.45) is 5.41 Å². The standard InChI is InChI=1S/C18H23F3O4S/c1-6-25-17(24-5,18(19,20)21)15(12-13-16(2,3)4)26(22,23)14-10-8-7-9-11-14/h7-11,13H,6H2,1-5H3. The highest BCUT2D eigenvalue weighted by Crippen LogP contribution is 2.43.